The number of rotatable bonds is 6. The van der Waals surface area contributed by atoms with Gasteiger partial charge in [0.1, 0.15) is 0 Å². The fourth-order valence-corrected chi connectivity index (χ4v) is 1.64. The molecular weight excluding hydrogens is 254 g/mol. The maximum Gasteiger partial charge on any atom is 0.236 e. The summed E-state index contributed by atoms with van der Waals surface area (Å²) in [6.07, 6.45) is 0. The number of likely N-dealkylation sites (N-methyl/N-ethyl adjacent to an activating group) is 2. The summed E-state index contributed by atoms with van der Waals surface area (Å²) in [6.45, 7) is 2.99. The van der Waals surface area contributed by atoms with Gasteiger partial charge in [0.15, 0.2) is 0 Å². The van der Waals surface area contributed by atoms with Gasteiger partial charge in [-0.1, -0.05) is 29.8 Å². The number of aryl methyl sites for hydroxylation is 1. The zero-order valence-corrected chi connectivity index (χ0v) is 12.6. The zero-order valence-electron chi connectivity index (χ0n) is 12.6. The minimum Gasteiger partial charge on any atom is -0.351 e. The van der Waals surface area contributed by atoms with Crippen LogP contribution in [0.5, 0.6) is 0 Å². The second kappa shape index (κ2) is 7.65. The van der Waals surface area contributed by atoms with Crippen LogP contribution in [0.4, 0.5) is 0 Å². The average molecular weight is 277 g/mol. The summed E-state index contributed by atoms with van der Waals surface area (Å²) in [6, 6.07) is 8.02. The lowest BCUT2D eigenvalue weighted by molar-refractivity contribution is -0.130. The fraction of sp³-hybridized carbons (Fsp3) is 0.467. The molecule has 1 aromatic carbocycles. The van der Waals surface area contributed by atoms with E-state index in [2.05, 4.69) is 5.32 Å². The summed E-state index contributed by atoms with van der Waals surface area (Å²) < 4.78 is 0. The van der Waals surface area contributed by atoms with Gasteiger partial charge >= 0.3 is 0 Å². The Morgan fingerprint density at radius 2 is 1.65 bits per heavy atom. The predicted octanol–water partition coefficient (Wildman–Crippen LogP) is 0.631. The van der Waals surface area contributed by atoms with E-state index < -0.39 is 0 Å². The smallest absolute Gasteiger partial charge is 0.236 e. The largest absolute Gasteiger partial charge is 0.351 e. The molecule has 20 heavy (non-hydrogen) atoms. The van der Waals surface area contributed by atoms with Gasteiger partial charge in [0.05, 0.1) is 13.1 Å². The lowest BCUT2D eigenvalue weighted by Crippen LogP contribution is -2.40. The molecule has 1 aromatic rings. The molecule has 110 valence electrons. The van der Waals surface area contributed by atoms with Gasteiger partial charge in [0, 0.05) is 20.6 Å². The van der Waals surface area contributed by atoms with Crippen molar-refractivity contribution in [1.82, 2.24) is 15.1 Å². The molecule has 0 bridgehead atoms. The second-order valence-corrected chi connectivity index (χ2v) is 5.22. The lowest BCUT2D eigenvalue weighted by atomic mass is 10.1. The SMILES string of the molecule is Cc1ccc(CNC(=O)CN(C)CC(=O)N(C)C)cc1. The molecular formula is C15H23N3O2. The molecule has 0 atom stereocenters. The fourth-order valence-electron chi connectivity index (χ4n) is 1.64. The van der Waals surface area contributed by atoms with Crippen LogP contribution in [0.15, 0.2) is 24.3 Å². The van der Waals surface area contributed by atoms with Crippen LogP contribution in [0.25, 0.3) is 0 Å². The van der Waals surface area contributed by atoms with Crippen molar-refractivity contribution < 1.29 is 9.59 Å². The van der Waals surface area contributed by atoms with Crippen LogP contribution in [0.1, 0.15) is 11.1 Å². The molecule has 0 saturated carbocycles. The minimum atomic E-state index is -0.0837. The van der Waals surface area contributed by atoms with Crippen molar-refractivity contribution in [2.45, 2.75) is 13.5 Å². The monoisotopic (exact) mass is 277 g/mol. The Bertz CT molecular complexity index is 455. The van der Waals surface area contributed by atoms with Crippen molar-refractivity contribution >= 4 is 11.8 Å². The normalized spacial score (nSPS) is 10.4. The standard InChI is InChI=1S/C15H23N3O2/c1-12-5-7-13(8-6-12)9-16-14(19)10-18(4)11-15(20)17(2)3/h5-8H,9-11H2,1-4H3,(H,16,19). The molecule has 0 aliphatic heterocycles. The second-order valence-electron chi connectivity index (χ2n) is 5.22. The molecule has 0 aromatic heterocycles. The highest BCUT2D eigenvalue weighted by atomic mass is 16.2. The average Bonchev–Trinajstić information content (AvgIpc) is 2.37. The first kappa shape index (κ1) is 16.2. The van der Waals surface area contributed by atoms with Crippen molar-refractivity contribution in [3.05, 3.63) is 35.4 Å². The highest BCUT2D eigenvalue weighted by Gasteiger charge is 2.11. The summed E-state index contributed by atoms with van der Waals surface area (Å²) >= 11 is 0. The Balaban J connectivity index is 2.32. The van der Waals surface area contributed by atoms with E-state index in [9.17, 15) is 9.59 Å². The van der Waals surface area contributed by atoms with E-state index in [4.69, 9.17) is 0 Å². The molecule has 0 saturated heterocycles. The zero-order chi connectivity index (χ0) is 15.1. The molecule has 0 aliphatic rings. The van der Waals surface area contributed by atoms with E-state index in [-0.39, 0.29) is 24.9 Å². The van der Waals surface area contributed by atoms with Gasteiger partial charge in [-0.2, -0.15) is 0 Å². The number of hydrogen-bond donors (Lipinski definition) is 1. The van der Waals surface area contributed by atoms with Crippen LogP contribution < -0.4 is 5.32 Å². The molecule has 0 unspecified atom stereocenters. The van der Waals surface area contributed by atoms with Crippen molar-refractivity contribution in [2.24, 2.45) is 0 Å². The molecule has 1 N–H and O–H groups in total. The number of nitrogens with one attached hydrogen (secondary N) is 1. The third-order valence-electron chi connectivity index (χ3n) is 2.93. The molecule has 0 fully saturated rings. The van der Waals surface area contributed by atoms with Gasteiger partial charge in [-0.05, 0) is 19.5 Å². The number of amides is 2. The summed E-state index contributed by atoms with van der Waals surface area (Å²) in [7, 11) is 5.16. The number of benzene rings is 1. The summed E-state index contributed by atoms with van der Waals surface area (Å²) in [5.74, 6) is -0.0986. The van der Waals surface area contributed by atoms with E-state index in [0.29, 0.717) is 6.54 Å². The quantitative estimate of drug-likeness (QED) is 0.830. The van der Waals surface area contributed by atoms with Crippen LogP contribution >= 0.6 is 0 Å². The number of carbonyl (C=O) groups excluding carboxylic acids is 2. The molecule has 0 heterocycles. The van der Waals surface area contributed by atoms with E-state index in [0.717, 1.165) is 5.56 Å². The first-order chi connectivity index (χ1) is 9.38. The van der Waals surface area contributed by atoms with Crippen LogP contribution in [0.2, 0.25) is 0 Å². The minimum absolute atomic E-state index is 0.0150. The van der Waals surface area contributed by atoms with Crippen LogP contribution in [0.3, 0.4) is 0 Å². The third-order valence-corrected chi connectivity index (χ3v) is 2.93. The third kappa shape index (κ3) is 5.84. The highest BCUT2D eigenvalue weighted by molar-refractivity contribution is 5.80. The topological polar surface area (TPSA) is 52.7 Å². The highest BCUT2D eigenvalue weighted by Crippen LogP contribution is 2.02. The summed E-state index contributed by atoms with van der Waals surface area (Å²) in [5.41, 5.74) is 2.26. The predicted molar refractivity (Wildman–Crippen MR) is 79.2 cm³/mol. The number of hydrogen-bond acceptors (Lipinski definition) is 3. The van der Waals surface area contributed by atoms with Crippen molar-refractivity contribution in [1.29, 1.82) is 0 Å². The summed E-state index contributed by atoms with van der Waals surface area (Å²) in [5, 5.41) is 2.85. The van der Waals surface area contributed by atoms with Crippen molar-refractivity contribution in [2.75, 3.05) is 34.2 Å². The van der Waals surface area contributed by atoms with Gasteiger partial charge < -0.3 is 10.2 Å². The number of nitrogens with zero attached hydrogens (tertiary/aromatic N) is 2. The van der Waals surface area contributed by atoms with Gasteiger partial charge in [-0.15, -0.1) is 0 Å². The van der Waals surface area contributed by atoms with Crippen LogP contribution in [0, 0.1) is 6.92 Å². The Morgan fingerprint density at radius 1 is 1.05 bits per heavy atom. The number of carbonyl (C=O) groups is 2. The van der Waals surface area contributed by atoms with Crippen LogP contribution in [-0.4, -0.2) is 55.8 Å². The van der Waals surface area contributed by atoms with Crippen LogP contribution in [-0.2, 0) is 16.1 Å². The van der Waals surface area contributed by atoms with Gasteiger partial charge in [0.25, 0.3) is 0 Å². The van der Waals surface area contributed by atoms with E-state index in [1.165, 1.54) is 10.5 Å². The summed E-state index contributed by atoms with van der Waals surface area (Å²) in [4.78, 5) is 26.5. The Morgan fingerprint density at radius 3 is 2.20 bits per heavy atom. The van der Waals surface area contributed by atoms with Crippen molar-refractivity contribution in [3.8, 4) is 0 Å². The maximum atomic E-state index is 11.8. The molecule has 0 radical (unpaired) electrons. The first-order valence-corrected chi connectivity index (χ1v) is 6.59. The van der Waals surface area contributed by atoms with Gasteiger partial charge in [-0.25, -0.2) is 0 Å². The molecule has 1 rings (SSSR count). The van der Waals surface area contributed by atoms with E-state index >= 15 is 0 Å². The molecule has 0 aliphatic carbocycles. The van der Waals surface area contributed by atoms with Gasteiger partial charge in [-0.3, -0.25) is 14.5 Å². The molecule has 2 amide bonds. The Kier molecular flexibility index (Phi) is 6.18. The van der Waals surface area contributed by atoms with Gasteiger partial charge in [0.2, 0.25) is 11.8 Å². The lowest BCUT2D eigenvalue weighted by Gasteiger charge is -2.18. The first-order valence-electron chi connectivity index (χ1n) is 6.59. The Labute approximate surface area is 120 Å². The van der Waals surface area contributed by atoms with Crippen molar-refractivity contribution in [3.63, 3.8) is 0 Å². The van der Waals surface area contributed by atoms with E-state index in [1.54, 1.807) is 26.0 Å². The van der Waals surface area contributed by atoms with E-state index in [1.807, 2.05) is 31.2 Å². The molecule has 5 nitrogen and oxygen atoms in total. The Hall–Kier alpha value is -1.88. The maximum absolute atomic E-state index is 11.8. The molecule has 5 heteroatoms. The molecule has 0 spiro atoms.